The molecule has 1 fully saturated rings. The van der Waals surface area contributed by atoms with Crippen LogP contribution in [-0.2, 0) is 0 Å². The molecule has 90 valence electrons. The van der Waals surface area contributed by atoms with Crippen molar-refractivity contribution in [3.05, 3.63) is 0 Å². The van der Waals surface area contributed by atoms with Gasteiger partial charge in [-0.3, -0.25) is 0 Å². The average molecular weight is 229 g/mol. The molecule has 0 saturated carbocycles. The summed E-state index contributed by atoms with van der Waals surface area (Å²) in [6.45, 7) is 10.9. The molecular formula is C13H27NS. The van der Waals surface area contributed by atoms with Gasteiger partial charge in [-0.25, -0.2) is 0 Å². The summed E-state index contributed by atoms with van der Waals surface area (Å²) in [6.07, 6.45) is 5.37. The summed E-state index contributed by atoms with van der Waals surface area (Å²) in [7, 11) is 0. The molecule has 0 aromatic heterocycles. The lowest BCUT2D eigenvalue weighted by Crippen LogP contribution is -2.41. The molecule has 0 bridgehead atoms. The summed E-state index contributed by atoms with van der Waals surface area (Å²) < 4.78 is 0. The number of rotatable bonds is 5. The van der Waals surface area contributed by atoms with E-state index in [1.165, 1.54) is 45.3 Å². The molecule has 2 heteroatoms. The molecule has 15 heavy (non-hydrogen) atoms. The number of likely N-dealkylation sites (tertiary alicyclic amines) is 1. The minimum Gasteiger partial charge on any atom is -0.303 e. The van der Waals surface area contributed by atoms with Crippen molar-refractivity contribution in [3.63, 3.8) is 0 Å². The molecule has 1 aliphatic rings. The second-order valence-corrected chi connectivity index (χ2v) is 5.79. The van der Waals surface area contributed by atoms with Crippen molar-refractivity contribution < 1.29 is 0 Å². The molecule has 0 aromatic carbocycles. The van der Waals surface area contributed by atoms with Crippen LogP contribution in [0.4, 0.5) is 0 Å². The first-order valence-corrected chi connectivity index (χ1v) is 7.10. The van der Waals surface area contributed by atoms with Gasteiger partial charge in [0.15, 0.2) is 0 Å². The fourth-order valence-electron chi connectivity index (χ4n) is 2.31. The van der Waals surface area contributed by atoms with Crippen LogP contribution in [0, 0.1) is 11.3 Å². The fourth-order valence-corrected chi connectivity index (χ4v) is 2.68. The molecule has 0 aromatic rings. The first-order valence-electron chi connectivity index (χ1n) is 6.46. The van der Waals surface area contributed by atoms with E-state index in [1.54, 1.807) is 0 Å². The first kappa shape index (κ1) is 13.4. The number of piperidine rings is 1. The predicted molar refractivity (Wildman–Crippen MR) is 71.7 cm³/mol. The smallest absolute Gasteiger partial charge is 0.00174 e. The van der Waals surface area contributed by atoms with E-state index in [9.17, 15) is 0 Å². The zero-order chi connectivity index (χ0) is 11.3. The van der Waals surface area contributed by atoms with Crippen molar-refractivity contribution in [1.29, 1.82) is 0 Å². The van der Waals surface area contributed by atoms with Gasteiger partial charge in [0.1, 0.15) is 0 Å². The van der Waals surface area contributed by atoms with Crippen molar-refractivity contribution >= 4 is 12.6 Å². The van der Waals surface area contributed by atoms with Crippen molar-refractivity contribution in [2.75, 3.05) is 25.4 Å². The molecule has 1 saturated heterocycles. The highest BCUT2D eigenvalue weighted by Crippen LogP contribution is 2.34. The molecule has 0 radical (unpaired) electrons. The Kier molecular flexibility index (Phi) is 5.48. The maximum absolute atomic E-state index is 4.42. The molecule has 0 N–H and O–H groups in total. The van der Waals surface area contributed by atoms with Gasteiger partial charge in [0.05, 0.1) is 0 Å². The van der Waals surface area contributed by atoms with Crippen molar-refractivity contribution in [2.24, 2.45) is 11.3 Å². The Hall–Kier alpha value is 0.310. The molecule has 0 amide bonds. The normalized spacial score (nSPS) is 24.0. The molecule has 1 unspecified atom stereocenters. The summed E-state index contributed by atoms with van der Waals surface area (Å²) in [6, 6.07) is 0. The van der Waals surface area contributed by atoms with Crippen LogP contribution < -0.4 is 0 Å². The zero-order valence-corrected chi connectivity index (χ0v) is 11.5. The molecule has 1 atom stereocenters. The lowest BCUT2D eigenvalue weighted by atomic mass is 9.78. The van der Waals surface area contributed by atoms with Gasteiger partial charge in [0.2, 0.25) is 0 Å². The number of hydrogen-bond acceptors (Lipinski definition) is 2. The second kappa shape index (κ2) is 6.15. The van der Waals surface area contributed by atoms with E-state index in [0.717, 1.165) is 11.7 Å². The lowest BCUT2D eigenvalue weighted by Gasteiger charge is -2.40. The Morgan fingerprint density at radius 3 is 2.27 bits per heavy atom. The van der Waals surface area contributed by atoms with Crippen LogP contribution in [0.15, 0.2) is 0 Å². The van der Waals surface area contributed by atoms with E-state index in [-0.39, 0.29) is 0 Å². The quantitative estimate of drug-likeness (QED) is 0.707. The van der Waals surface area contributed by atoms with E-state index >= 15 is 0 Å². The summed E-state index contributed by atoms with van der Waals surface area (Å²) >= 11 is 4.42. The monoisotopic (exact) mass is 229 g/mol. The predicted octanol–water partition coefficient (Wildman–Crippen LogP) is 3.45. The molecule has 1 aliphatic heterocycles. The maximum Gasteiger partial charge on any atom is 0.00174 e. The number of nitrogens with zero attached hydrogens (tertiary/aromatic N) is 1. The Morgan fingerprint density at radius 1 is 1.27 bits per heavy atom. The molecule has 1 rings (SSSR count). The third kappa shape index (κ3) is 3.99. The van der Waals surface area contributed by atoms with Gasteiger partial charge in [0, 0.05) is 6.54 Å². The number of hydrogen-bond donors (Lipinski definition) is 1. The maximum atomic E-state index is 4.42. The highest BCUT2D eigenvalue weighted by molar-refractivity contribution is 7.80. The standard InChI is InChI=1S/C13H27NS/c1-4-12(11-15)10-14-8-6-13(3,5-2)7-9-14/h12,15H,4-11H2,1-3H3. The van der Waals surface area contributed by atoms with Gasteiger partial charge < -0.3 is 4.90 Å². The Morgan fingerprint density at radius 2 is 1.87 bits per heavy atom. The largest absolute Gasteiger partial charge is 0.303 e. The van der Waals surface area contributed by atoms with E-state index in [4.69, 9.17) is 0 Å². The van der Waals surface area contributed by atoms with Crippen LogP contribution in [-0.4, -0.2) is 30.3 Å². The van der Waals surface area contributed by atoms with Crippen LogP contribution in [0.25, 0.3) is 0 Å². The van der Waals surface area contributed by atoms with E-state index in [2.05, 4.69) is 38.3 Å². The van der Waals surface area contributed by atoms with Crippen LogP contribution >= 0.6 is 12.6 Å². The third-order valence-corrected chi connectivity index (χ3v) is 4.79. The minimum absolute atomic E-state index is 0.624. The summed E-state index contributed by atoms with van der Waals surface area (Å²) in [4.78, 5) is 2.64. The van der Waals surface area contributed by atoms with Crippen molar-refractivity contribution in [1.82, 2.24) is 4.90 Å². The van der Waals surface area contributed by atoms with Gasteiger partial charge in [-0.2, -0.15) is 12.6 Å². The minimum atomic E-state index is 0.624. The Balaban J connectivity index is 2.31. The van der Waals surface area contributed by atoms with Crippen LogP contribution in [0.1, 0.15) is 46.5 Å². The topological polar surface area (TPSA) is 3.24 Å². The average Bonchev–Trinajstić information content (AvgIpc) is 2.28. The third-order valence-electron chi connectivity index (χ3n) is 4.27. The summed E-state index contributed by atoms with van der Waals surface area (Å²) in [5, 5.41) is 0. The zero-order valence-electron chi connectivity index (χ0n) is 10.6. The fraction of sp³-hybridized carbons (Fsp3) is 1.00. The highest BCUT2D eigenvalue weighted by atomic mass is 32.1. The van der Waals surface area contributed by atoms with Crippen LogP contribution in [0.3, 0.4) is 0 Å². The van der Waals surface area contributed by atoms with Gasteiger partial charge in [-0.1, -0.05) is 33.6 Å². The molecule has 0 spiro atoms. The van der Waals surface area contributed by atoms with Gasteiger partial charge in [-0.05, 0) is 43.0 Å². The Labute approximate surface area is 101 Å². The van der Waals surface area contributed by atoms with Crippen LogP contribution in [0.5, 0.6) is 0 Å². The molecular weight excluding hydrogens is 202 g/mol. The molecule has 1 nitrogen and oxygen atoms in total. The van der Waals surface area contributed by atoms with Gasteiger partial charge >= 0.3 is 0 Å². The Bertz CT molecular complexity index is 169. The first-order chi connectivity index (χ1) is 7.13. The SMILES string of the molecule is CCC(CS)CN1CCC(C)(CC)CC1. The van der Waals surface area contributed by atoms with Crippen molar-refractivity contribution in [2.45, 2.75) is 46.5 Å². The van der Waals surface area contributed by atoms with E-state index in [1.807, 2.05) is 0 Å². The highest BCUT2D eigenvalue weighted by Gasteiger charge is 2.28. The van der Waals surface area contributed by atoms with Crippen LogP contribution in [0.2, 0.25) is 0 Å². The van der Waals surface area contributed by atoms with E-state index < -0.39 is 0 Å². The summed E-state index contributed by atoms with van der Waals surface area (Å²) in [5.41, 5.74) is 0.624. The second-order valence-electron chi connectivity index (χ2n) is 5.42. The lowest BCUT2D eigenvalue weighted by molar-refractivity contribution is 0.103. The summed E-state index contributed by atoms with van der Waals surface area (Å²) in [5.74, 6) is 1.83. The van der Waals surface area contributed by atoms with Gasteiger partial charge in [-0.15, -0.1) is 0 Å². The van der Waals surface area contributed by atoms with Crippen molar-refractivity contribution in [3.8, 4) is 0 Å². The van der Waals surface area contributed by atoms with E-state index in [0.29, 0.717) is 5.41 Å². The molecule has 0 aliphatic carbocycles. The molecule has 1 heterocycles. The van der Waals surface area contributed by atoms with Gasteiger partial charge in [0.25, 0.3) is 0 Å². The number of thiol groups is 1.